The van der Waals surface area contributed by atoms with Gasteiger partial charge in [-0.1, -0.05) is 13.3 Å². The second-order valence-electron chi connectivity index (χ2n) is 5.17. The molecular formula is C15H21NO2. The van der Waals surface area contributed by atoms with Crippen LogP contribution in [-0.4, -0.2) is 35.4 Å². The van der Waals surface area contributed by atoms with Crippen molar-refractivity contribution in [1.82, 2.24) is 4.90 Å². The monoisotopic (exact) mass is 247 g/mol. The van der Waals surface area contributed by atoms with E-state index in [0.717, 1.165) is 19.6 Å². The summed E-state index contributed by atoms with van der Waals surface area (Å²) in [7, 11) is 0. The molecule has 1 unspecified atom stereocenters. The van der Waals surface area contributed by atoms with Crippen molar-refractivity contribution in [2.75, 3.05) is 19.6 Å². The Balaban J connectivity index is 1.93. The minimum atomic E-state index is 0.0210. The molecule has 0 radical (unpaired) electrons. The van der Waals surface area contributed by atoms with Crippen LogP contribution in [0.5, 0.6) is 5.75 Å². The van der Waals surface area contributed by atoms with Crippen molar-refractivity contribution >= 4 is 5.78 Å². The smallest absolute Gasteiger partial charge is 0.166 e. The van der Waals surface area contributed by atoms with Gasteiger partial charge in [-0.25, -0.2) is 0 Å². The molecule has 98 valence electrons. The highest BCUT2D eigenvalue weighted by molar-refractivity contribution is 5.97. The molecule has 0 aliphatic carbocycles. The molecule has 1 fully saturated rings. The Hall–Kier alpha value is -1.35. The number of benzene rings is 1. The van der Waals surface area contributed by atoms with Crippen LogP contribution in [0.3, 0.4) is 0 Å². The van der Waals surface area contributed by atoms with Gasteiger partial charge in [-0.05, 0) is 50.2 Å². The third kappa shape index (κ3) is 3.33. The standard InChI is InChI=1S/C15H21NO2/c1-12(11-16-9-3-2-4-10-16)15(18)13-5-7-14(17)8-6-13/h5-8,12,17H,2-4,9-11H2,1H3. The van der Waals surface area contributed by atoms with Gasteiger partial charge in [0.15, 0.2) is 5.78 Å². The lowest BCUT2D eigenvalue weighted by atomic mass is 9.98. The van der Waals surface area contributed by atoms with Gasteiger partial charge in [0.2, 0.25) is 0 Å². The lowest BCUT2D eigenvalue weighted by Gasteiger charge is -2.28. The zero-order valence-corrected chi connectivity index (χ0v) is 10.9. The molecule has 0 saturated carbocycles. The molecule has 0 amide bonds. The minimum absolute atomic E-state index is 0.0210. The van der Waals surface area contributed by atoms with Crippen LogP contribution in [0.15, 0.2) is 24.3 Å². The fraction of sp³-hybridized carbons (Fsp3) is 0.533. The maximum Gasteiger partial charge on any atom is 0.166 e. The fourth-order valence-corrected chi connectivity index (χ4v) is 2.52. The van der Waals surface area contributed by atoms with Gasteiger partial charge < -0.3 is 10.0 Å². The zero-order valence-electron chi connectivity index (χ0n) is 10.9. The second kappa shape index (κ2) is 6.01. The van der Waals surface area contributed by atoms with Crippen LogP contribution >= 0.6 is 0 Å². The van der Waals surface area contributed by atoms with Crippen molar-refractivity contribution in [3.05, 3.63) is 29.8 Å². The summed E-state index contributed by atoms with van der Waals surface area (Å²) in [6, 6.07) is 6.54. The molecule has 3 heteroatoms. The Morgan fingerprint density at radius 2 is 1.83 bits per heavy atom. The molecule has 1 aromatic carbocycles. The first-order valence-electron chi connectivity index (χ1n) is 6.72. The lowest BCUT2D eigenvalue weighted by molar-refractivity contribution is 0.0883. The fourth-order valence-electron chi connectivity index (χ4n) is 2.52. The highest BCUT2D eigenvalue weighted by atomic mass is 16.3. The van der Waals surface area contributed by atoms with E-state index >= 15 is 0 Å². The lowest BCUT2D eigenvalue weighted by Crippen LogP contribution is -2.35. The van der Waals surface area contributed by atoms with Crippen molar-refractivity contribution in [2.45, 2.75) is 26.2 Å². The number of piperidine rings is 1. The van der Waals surface area contributed by atoms with E-state index in [4.69, 9.17) is 0 Å². The molecule has 0 spiro atoms. The Morgan fingerprint density at radius 1 is 1.22 bits per heavy atom. The number of carbonyl (C=O) groups excluding carboxylic acids is 1. The van der Waals surface area contributed by atoms with Gasteiger partial charge >= 0.3 is 0 Å². The van der Waals surface area contributed by atoms with Crippen LogP contribution in [0, 0.1) is 5.92 Å². The van der Waals surface area contributed by atoms with Crippen LogP contribution in [0.2, 0.25) is 0 Å². The molecule has 1 aliphatic rings. The molecule has 0 bridgehead atoms. The first-order chi connectivity index (χ1) is 8.66. The van der Waals surface area contributed by atoms with Gasteiger partial charge in [0.1, 0.15) is 5.75 Å². The summed E-state index contributed by atoms with van der Waals surface area (Å²) in [5, 5.41) is 9.22. The van der Waals surface area contributed by atoms with Gasteiger partial charge in [0.25, 0.3) is 0 Å². The van der Waals surface area contributed by atoms with Crippen molar-refractivity contribution in [2.24, 2.45) is 5.92 Å². The van der Waals surface area contributed by atoms with Crippen LogP contribution < -0.4 is 0 Å². The van der Waals surface area contributed by atoms with Gasteiger partial charge in [-0.15, -0.1) is 0 Å². The van der Waals surface area contributed by atoms with Crippen molar-refractivity contribution in [1.29, 1.82) is 0 Å². The summed E-state index contributed by atoms with van der Waals surface area (Å²) in [6.07, 6.45) is 3.82. The number of carbonyl (C=O) groups is 1. The number of likely N-dealkylation sites (tertiary alicyclic amines) is 1. The first kappa shape index (κ1) is 13.1. The number of hydrogen-bond acceptors (Lipinski definition) is 3. The molecule has 1 atom stereocenters. The predicted octanol–water partition coefficient (Wildman–Crippen LogP) is 2.70. The van der Waals surface area contributed by atoms with E-state index in [2.05, 4.69) is 4.90 Å². The molecule has 1 heterocycles. The van der Waals surface area contributed by atoms with Gasteiger partial charge in [0.05, 0.1) is 0 Å². The molecule has 18 heavy (non-hydrogen) atoms. The van der Waals surface area contributed by atoms with E-state index in [9.17, 15) is 9.90 Å². The quantitative estimate of drug-likeness (QED) is 0.832. The molecule has 1 N–H and O–H groups in total. The average molecular weight is 247 g/mol. The summed E-state index contributed by atoms with van der Waals surface area (Å²) < 4.78 is 0. The third-order valence-corrected chi connectivity index (χ3v) is 3.58. The van der Waals surface area contributed by atoms with Gasteiger partial charge in [0, 0.05) is 18.0 Å². The van der Waals surface area contributed by atoms with E-state index < -0.39 is 0 Å². The maximum absolute atomic E-state index is 12.2. The number of hydrogen-bond donors (Lipinski definition) is 1. The van der Waals surface area contributed by atoms with E-state index in [1.807, 2.05) is 6.92 Å². The summed E-state index contributed by atoms with van der Waals surface area (Å²) in [5.74, 6) is 0.392. The number of phenols is 1. The second-order valence-corrected chi connectivity index (χ2v) is 5.17. The van der Waals surface area contributed by atoms with E-state index in [0.29, 0.717) is 5.56 Å². The molecular weight excluding hydrogens is 226 g/mol. The SMILES string of the molecule is CC(CN1CCCCC1)C(=O)c1ccc(O)cc1. The summed E-state index contributed by atoms with van der Waals surface area (Å²) in [4.78, 5) is 14.6. The maximum atomic E-state index is 12.2. The number of rotatable bonds is 4. The Labute approximate surface area is 108 Å². The normalized spacial score (nSPS) is 18.5. The van der Waals surface area contributed by atoms with Gasteiger partial charge in [-0.2, -0.15) is 0 Å². The Bertz CT molecular complexity index is 393. The Morgan fingerprint density at radius 3 is 2.44 bits per heavy atom. The van der Waals surface area contributed by atoms with Crippen molar-refractivity contribution < 1.29 is 9.90 Å². The molecule has 1 aromatic rings. The van der Waals surface area contributed by atoms with Crippen LogP contribution in [0.4, 0.5) is 0 Å². The van der Waals surface area contributed by atoms with Crippen LogP contribution in [0.1, 0.15) is 36.5 Å². The van der Waals surface area contributed by atoms with Gasteiger partial charge in [-0.3, -0.25) is 4.79 Å². The molecule has 3 nitrogen and oxygen atoms in total. The number of nitrogens with zero attached hydrogens (tertiary/aromatic N) is 1. The van der Waals surface area contributed by atoms with Crippen molar-refractivity contribution in [3.63, 3.8) is 0 Å². The van der Waals surface area contributed by atoms with Crippen LogP contribution in [0.25, 0.3) is 0 Å². The predicted molar refractivity (Wildman–Crippen MR) is 71.9 cm³/mol. The summed E-state index contributed by atoms with van der Waals surface area (Å²) in [5.41, 5.74) is 0.692. The summed E-state index contributed by atoms with van der Waals surface area (Å²) in [6.45, 7) is 5.07. The molecule has 2 rings (SSSR count). The topological polar surface area (TPSA) is 40.5 Å². The molecule has 1 saturated heterocycles. The number of ketones is 1. The number of aromatic hydroxyl groups is 1. The van der Waals surface area contributed by atoms with E-state index in [-0.39, 0.29) is 17.5 Å². The highest BCUT2D eigenvalue weighted by Crippen LogP contribution is 2.16. The van der Waals surface area contributed by atoms with Crippen molar-refractivity contribution in [3.8, 4) is 5.75 Å². The average Bonchev–Trinajstić information content (AvgIpc) is 2.40. The third-order valence-electron chi connectivity index (χ3n) is 3.58. The highest BCUT2D eigenvalue weighted by Gasteiger charge is 2.19. The molecule has 0 aromatic heterocycles. The zero-order chi connectivity index (χ0) is 13.0. The number of Topliss-reactive ketones (excluding diaryl/α,β-unsaturated/α-hetero) is 1. The first-order valence-corrected chi connectivity index (χ1v) is 6.72. The summed E-state index contributed by atoms with van der Waals surface area (Å²) >= 11 is 0. The van der Waals surface area contributed by atoms with E-state index in [1.54, 1.807) is 24.3 Å². The van der Waals surface area contributed by atoms with E-state index in [1.165, 1.54) is 19.3 Å². The Kier molecular flexibility index (Phi) is 4.37. The largest absolute Gasteiger partial charge is 0.508 e. The number of phenolic OH excluding ortho intramolecular Hbond substituents is 1. The van der Waals surface area contributed by atoms with Crippen LogP contribution in [-0.2, 0) is 0 Å². The minimum Gasteiger partial charge on any atom is -0.508 e. The molecule has 1 aliphatic heterocycles.